The second-order valence-corrected chi connectivity index (χ2v) is 5.85. The number of rotatable bonds is 3. The molecule has 2 atom stereocenters. The van der Waals surface area contributed by atoms with Crippen LogP contribution in [0, 0.1) is 11.8 Å². The van der Waals surface area contributed by atoms with Crippen molar-refractivity contribution in [3.05, 3.63) is 41.4 Å². The Kier molecular flexibility index (Phi) is 3.98. The van der Waals surface area contributed by atoms with Crippen LogP contribution in [0.5, 0.6) is 0 Å². The summed E-state index contributed by atoms with van der Waals surface area (Å²) >= 11 is 5.97. The number of hydrogen-bond acceptors (Lipinski definition) is 3. The van der Waals surface area contributed by atoms with Crippen molar-refractivity contribution in [2.24, 2.45) is 11.8 Å². The van der Waals surface area contributed by atoms with Gasteiger partial charge < -0.3 is 5.32 Å². The van der Waals surface area contributed by atoms with Crippen LogP contribution in [-0.2, 0) is 14.4 Å². The Labute approximate surface area is 132 Å². The monoisotopic (exact) mass is 318 g/mol. The van der Waals surface area contributed by atoms with E-state index in [1.165, 1.54) is 0 Å². The lowest BCUT2D eigenvalue weighted by molar-refractivity contribution is -0.142. The molecule has 1 fully saturated rings. The molecule has 0 radical (unpaired) electrons. The van der Waals surface area contributed by atoms with Crippen molar-refractivity contribution < 1.29 is 14.4 Å². The molecule has 2 unspecified atom stereocenters. The van der Waals surface area contributed by atoms with Crippen LogP contribution in [-0.4, -0.2) is 29.2 Å². The molecule has 1 N–H and O–H groups in total. The maximum Gasteiger partial charge on any atom is 0.244 e. The first kappa shape index (κ1) is 14.8. The molecule has 3 amide bonds. The Morgan fingerprint density at radius 2 is 1.73 bits per heavy atom. The summed E-state index contributed by atoms with van der Waals surface area (Å²) in [4.78, 5) is 37.7. The van der Waals surface area contributed by atoms with Gasteiger partial charge in [0.05, 0.1) is 22.5 Å². The molecule has 0 saturated carbocycles. The predicted octanol–water partition coefficient (Wildman–Crippen LogP) is 2.23. The topological polar surface area (TPSA) is 66.5 Å². The van der Waals surface area contributed by atoms with Gasteiger partial charge in [-0.25, -0.2) is 0 Å². The van der Waals surface area contributed by atoms with Crippen molar-refractivity contribution in [2.45, 2.75) is 12.8 Å². The van der Waals surface area contributed by atoms with Crippen LogP contribution in [0.2, 0.25) is 5.02 Å². The highest BCUT2D eigenvalue weighted by Crippen LogP contribution is 2.34. The van der Waals surface area contributed by atoms with Gasteiger partial charge in [0.2, 0.25) is 17.7 Å². The number of imide groups is 1. The number of fused-ring (bicyclic) bond motifs is 1. The maximum atomic E-state index is 12.3. The van der Waals surface area contributed by atoms with Gasteiger partial charge >= 0.3 is 0 Å². The van der Waals surface area contributed by atoms with E-state index in [2.05, 4.69) is 5.32 Å². The number of carbonyl (C=O) groups excluding carboxylic acids is 3. The van der Waals surface area contributed by atoms with Gasteiger partial charge in [-0.05, 0) is 25.0 Å². The molecule has 0 aromatic heterocycles. The van der Waals surface area contributed by atoms with Crippen LogP contribution in [0.1, 0.15) is 12.8 Å². The van der Waals surface area contributed by atoms with E-state index in [0.29, 0.717) is 23.6 Å². The highest BCUT2D eigenvalue weighted by Gasteiger charge is 2.47. The highest BCUT2D eigenvalue weighted by molar-refractivity contribution is 6.33. The molecule has 0 bridgehead atoms. The van der Waals surface area contributed by atoms with Crippen LogP contribution in [0.3, 0.4) is 0 Å². The third kappa shape index (κ3) is 2.64. The first-order valence-electron chi connectivity index (χ1n) is 7.12. The molecule has 1 aliphatic heterocycles. The number of hydrogen-bond donors (Lipinski definition) is 1. The molecule has 22 heavy (non-hydrogen) atoms. The zero-order chi connectivity index (χ0) is 15.7. The van der Waals surface area contributed by atoms with E-state index in [1.54, 1.807) is 24.3 Å². The zero-order valence-electron chi connectivity index (χ0n) is 11.8. The summed E-state index contributed by atoms with van der Waals surface area (Å²) < 4.78 is 0. The number of para-hydroxylation sites is 1. The number of nitrogens with one attached hydrogen (secondary N) is 1. The van der Waals surface area contributed by atoms with E-state index in [9.17, 15) is 14.4 Å². The lowest BCUT2D eigenvalue weighted by Crippen LogP contribution is -2.38. The molecule has 1 saturated heterocycles. The summed E-state index contributed by atoms with van der Waals surface area (Å²) in [6.45, 7) is -0.268. The lowest BCUT2D eigenvalue weighted by Gasteiger charge is -2.14. The summed E-state index contributed by atoms with van der Waals surface area (Å²) in [6.07, 6.45) is 4.97. The summed E-state index contributed by atoms with van der Waals surface area (Å²) in [6, 6.07) is 6.82. The quantitative estimate of drug-likeness (QED) is 0.686. The van der Waals surface area contributed by atoms with Crippen LogP contribution in [0.15, 0.2) is 36.4 Å². The predicted molar refractivity (Wildman–Crippen MR) is 82.2 cm³/mol. The number of halogens is 1. The Bertz CT molecular complexity index is 645. The van der Waals surface area contributed by atoms with Gasteiger partial charge in [0.15, 0.2) is 0 Å². The fourth-order valence-corrected chi connectivity index (χ4v) is 3.10. The minimum absolute atomic E-state index is 0.256. The average molecular weight is 319 g/mol. The lowest BCUT2D eigenvalue weighted by atomic mass is 9.85. The van der Waals surface area contributed by atoms with Crippen molar-refractivity contribution in [3.8, 4) is 0 Å². The summed E-state index contributed by atoms with van der Waals surface area (Å²) in [5, 5.41) is 3.04. The fourth-order valence-electron chi connectivity index (χ4n) is 2.92. The largest absolute Gasteiger partial charge is 0.323 e. The summed E-state index contributed by atoms with van der Waals surface area (Å²) in [5.74, 6) is -1.57. The minimum atomic E-state index is -0.429. The van der Waals surface area contributed by atoms with Crippen LogP contribution in [0.25, 0.3) is 0 Å². The fraction of sp³-hybridized carbons (Fsp3) is 0.312. The van der Waals surface area contributed by atoms with E-state index in [-0.39, 0.29) is 30.2 Å². The van der Waals surface area contributed by atoms with E-state index < -0.39 is 5.91 Å². The molecule has 1 aromatic carbocycles. The smallest absolute Gasteiger partial charge is 0.244 e. The van der Waals surface area contributed by atoms with Crippen LogP contribution >= 0.6 is 11.6 Å². The number of benzene rings is 1. The van der Waals surface area contributed by atoms with Gasteiger partial charge in [0, 0.05) is 0 Å². The van der Waals surface area contributed by atoms with Crippen molar-refractivity contribution in [3.63, 3.8) is 0 Å². The Morgan fingerprint density at radius 1 is 1.14 bits per heavy atom. The molecule has 6 heteroatoms. The first-order chi connectivity index (χ1) is 10.6. The SMILES string of the molecule is O=C(CN1C(=O)C2CC=CCC2C1=O)Nc1ccccc1Cl. The number of nitrogens with zero attached hydrogens (tertiary/aromatic N) is 1. The van der Waals surface area contributed by atoms with Gasteiger partial charge in [-0.2, -0.15) is 0 Å². The number of amides is 3. The molecule has 1 aliphatic carbocycles. The molecule has 2 aliphatic rings. The molecular weight excluding hydrogens is 304 g/mol. The average Bonchev–Trinajstić information content (AvgIpc) is 2.75. The van der Waals surface area contributed by atoms with Crippen molar-refractivity contribution in [1.29, 1.82) is 0 Å². The standard InChI is InChI=1S/C16H15ClN2O3/c17-12-7-3-4-8-13(12)18-14(20)9-19-15(21)10-5-1-2-6-11(10)16(19)22/h1-4,7-8,10-11H,5-6,9H2,(H,18,20). The third-order valence-electron chi connectivity index (χ3n) is 4.05. The number of carbonyl (C=O) groups is 3. The molecule has 5 nitrogen and oxygen atoms in total. The van der Waals surface area contributed by atoms with Gasteiger partial charge in [-0.3, -0.25) is 19.3 Å². The molecule has 114 valence electrons. The minimum Gasteiger partial charge on any atom is -0.323 e. The highest BCUT2D eigenvalue weighted by atomic mass is 35.5. The van der Waals surface area contributed by atoms with Gasteiger partial charge in [-0.1, -0.05) is 35.9 Å². The van der Waals surface area contributed by atoms with E-state index in [4.69, 9.17) is 11.6 Å². The number of anilines is 1. The van der Waals surface area contributed by atoms with Crippen molar-refractivity contribution >= 4 is 35.0 Å². The molecular formula is C16H15ClN2O3. The Balaban J connectivity index is 1.68. The Hall–Kier alpha value is -2.14. The van der Waals surface area contributed by atoms with Crippen LogP contribution in [0.4, 0.5) is 5.69 Å². The summed E-state index contributed by atoms with van der Waals surface area (Å²) in [7, 11) is 0. The third-order valence-corrected chi connectivity index (χ3v) is 4.38. The van der Waals surface area contributed by atoms with Crippen LogP contribution < -0.4 is 5.32 Å². The summed E-state index contributed by atoms with van der Waals surface area (Å²) in [5.41, 5.74) is 0.465. The molecule has 3 rings (SSSR count). The molecule has 0 spiro atoms. The Morgan fingerprint density at radius 3 is 2.32 bits per heavy atom. The maximum absolute atomic E-state index is 12.3. The van der Waals surface area contributed by atoms with Crippen molar-refractivity contribution in [1.82, 2.24) is 4.90 Å². The van der Waals surface area contributed by atoms with E-state index in [1.807, 2.05) is 12.2 Å². The second kappa shape index (κ2) is 5.93. The number of likely N-dealkylation sites (tertiary alicyclic amines) is 1. The molecule has 1 heterocycles. The first-order valence-corrected chi connectivity index (χ1v) is 7.50. The second-order valence-electron chi connectivity index (χ2n) is 5.45. The van der Waals surface area contributed by atoms with Gasteiger partial charge in [-0.15, -0.1) is 0 Å². The van der Waals surface area contributed by atoms with E-state index >= 15 is 0 Å². The van der Waals surface area contributed by atoms with Crippen molar-refractivity contribution in [2.75, 3.05) is 11.9 Å². The van der Waals surface area contributed by atoms with E-state index in [0.717, 1.165) is 4.90 Å². The molecule has 1 aromatic rings. The number of allylic oxidation sites excluding steroid dienone is 2. The zero-order valence-corrected chi connectivity index (χ0v) is 12.5. The van der Waals surface area contributed by atoms with Gasteiger partial charge in [0.1, 0.15) is 6.54 Å². The van der Waals surface area contributed by atoms with Gasteiger partial charge in [0.25, 0.3) is 0 Å². The normalized spacial score (nSPS) is 23.6.